The molecule has 1 aliphatic heterocycles. The molecule has 0 saturated carbocycles. The minimum absolute atomic E-state index is 0.0989. The number of aromatic nitrogens is 1. The molecule has 172 valence electrons. The van der Waals surface area contributed by atoms with E-state index < -0.39 is 0 Å². The normalized spacial score (nSPS) is 13.4. The van der Waals surface area contributed by atoms with Crippen LogP contribution in [0.25, 0.3) is 22.3 Å². The molecule has 0 bridgehead atoms. The van der Waals surface area contributed by atoms with Crippen LogP contribution in [0, 0.1) is 11.3 Å². The molecule has 2 heterocycles. The first-order chi connectivity index (χ1) is 17.6. The van der Waals surface area contributed by atoms with E-state index in [0.717, 1.165) is 27.9 Å². The number of para-hydroxylation sites is 3. The van der Waals surface area contributed by atoms with Crippen LogP contribution in [0.5, 0.6) is 0 Å². The van der Waals surface area contributed by atoms with Crippen molar-refractivity contribution < 1.29 is 0 Å². The van der Waals surface area contributed by atoms with Gasteiger partial charge in [-0.1, -0.05) is 86.6 Å². The predicted octanol–water partition coefficient (Wildman–Crippen LogP) is 8.40. The summed E-state index contributed by atoms with van der Waals surface area (Å²) in [6, 6.07) is 40.5. The fourth-order valence-corrected chi connectivity index (χ4v) is 5.38. The number of nitrogens with zero attached hydrogens (tertiary/aromatic N) is 3. The number of fused-ring (bicyclic) bond motifs is 2. The Morgan fingerprint density at radius 2 is 1.22 bits per heavy atom. The molecule has 3 heteroatoms. The number of hydrogen-bond donors (Lipinski definition) is 0. The van der Waals surface area contributed by atoms with E-state index in [0.29, 0.717) is 5.69 Å². The van der Waals surface area contributed by atoms with E-state index in [4.69, 9.17) is 0 Å². The third-order valence-electron chi connectivity index (χ3n) is 7.16. The van der Waals surface area contributed by atoms with Gasteiger partial charge < -0.3 is 4.90 Å². The maximum Gasteiger partial charge on any atom is 0.141 e. The zero-order valence-electron chi connectivity index (χ0n) is 20.3. The standard InChI is InChI=1S/C33H25N3/c1-33(2)28-13-4-7-16-31(28)36(32-17-8-5-14-29(32)33)30-15-6-3-12-27(30)25-11-9-10-23(20-25)24-18-19-35-26(21-24)22-34/h3-21H,1-2H3. The van der Waals surface area contributed by atoms with Gasteiger partial charge in [-0.25, -0.2) is 4.98 Å². The van der Waals surface area contributed by atoms with Gasteiger partial charge in [-0.05, 0) is 64.2 Å². The van der Waals surface area contributed by atoms with Crippen LogP contribution in [-0.2, 0) is 5.41 Å². The number of nitriles is 1. The van der Waals surface area contributed by atoms with Gasteiger partial charge in [0.05, 0.1) is 17.1 Å². The van der Waals surface area contributed by atoms with Crippen LogP contribution in [0.15, 0.2) is 115 Å². The SMILES string of the molecule is CC1(C)c2ccccc2N(c2ccccc2-c2cccc(-c3ccnc(C#N)c3)c2)c2ccccc21. The molecule has 0 unspecified atom stereocenters. The third kappa shape index (κ3) is 3.47. The Balaban J connectivity index is 1.55. The van der Waals surface area contributed by atoms with E-state index in [2.05, 4.69) is 127 Å². The zero-order valence-corrected chi connectivity index (χ0v) is 20.3. The van der Waals surface area contributed by atoms with Crippen LogP contribution in [0.3, 0.4) is 0 Å². The molecule has 0 spiro atoms. The number of anilines is 3. The van der Waals surface area contributed by atoms with Gasteiger partial charge >= 0.3 is 0 Å². The summed E-state index contributed by atoms with van der Waals surface area (Å²) in [7, 11) is 0. The first kappa shape index (κ1) is 21.8. The lowest BCUT2D eigenvalue weighted by atomic mass is 9.73. The van der Waals surface area contributed by atoms with Crippen molar-refractivity contribution >= 4 is 17.1 Å². The minimum Gasteiger partial charge on any atom is -0.309 e. The minimum atomic E-state index is -0.0989. The largest absolute Gasteiger partial charge is 0.309 e. The lowest BCUT2D eigenvalue weighted by molar-refractivity contribution is 0.632. The summed E-state index contributed by atoms with van der Waals surface area (Å²) in [5.41, 5.74) is 10.8. The molecule has 1 aromatic heterocycles. The summed E-state index contributed by atoms with van der Waals surface area (Å²) in [6.45, 7) is 4.61. The number of pyridine rings is 1. The summed E-state index contributed by atoms with van der Waals surface area (Å²) < 4.78 is 0. The molecule has 5 aromatic rings. The molecule has 0 amide bonds. The van der Waals surface area contributed by atoms with Crippen LogP contribution >= 0.6 is 0 Å². The van der Waals surface area contributed by atoms with Crippen molar-refractivity contribution in [3.05, 3.63) is 132 Å². The highest BCUT2D eigenvalue weighted by molar-refractivity contribution is 5.93. The molecule has 0 saturated heterocycles. The van der Waals surface area contributed by atoms with E-state index in [-0.39, 0.29) is 5.41 Å². The topological polar surface area (TPSA) is 39.9 Å². The smallest absolute Gasteiger partial charge is 0.141 e. The average molecular weight is 464 g/mol. The van der Waals surface area contributed by atoms with E-state index in [1.54, 1.807) is 6.20 Å². The number of hydrogen-bond acceptors (Lipinski definition) is 3. The molecule has 0 aliphatic carbocycles. The van der Waals surface area contributed by atoms with E-state index in [9.17, 15) is 5.26 Å². The van der Waals surface area contributed by atoms with Gasteiger partial charge in [0.2, 0.25) is 0 Å². The summed E-state index contributed by atoms with van der Waals surface area (Å²) in [4.78, 5) is 6.53. The van der Waals surface area contributed by atoms with Crippen molar-refractivity contribution in [1.82, 2.24) is 4.98 Å². The monoisotopic (exact) mass is 463 g/mol. The van der Waals surface area contributed by atoms with Gasteiger partial charge in [0, 0.05) is 17.2 Å². The average Bonchev–Trinajstić information content (AvgIpc) is 2.94. The quantitative estimate of drug-likeness (QED) is 0.270. The fraction of sp³-hybridized carbons (Fsp3) is 0.0909. The van der Waals surface area contributed by atoms with Crippen molar-refractivity contribution in [1.29, 1.82) is 5.26 Å². The second kappa shape index (κ2) is 8.52. The molecular formula is C33H25N3. The maximum atomic E-state index is 9.30. The molecule has 4 aromatic carbocycles. The van der Waals surface area contributed by atoms with Crippen LogP contribution in [0.2, 0.25) is 0 Å². The van der Waals surface area contributed by atoms with Crippen molar-refractivity contribution in [2.24, 2.45) is 0 Å². The van der Waals surface area contributed by atoms with E-state index >= 15 is 0 Å². The Morgan fingerprint density at radius 1 is 0.639 bits per heavy atom. The second-order valence-corrected chi connectivity index (χ2v) is 9.63. The molecule has 0 N–H and O–H groups in total. The van der Waals surface area contributed by atoms with Gasteiger partial charge in [-0.3, -0.25) is 0 Å². The van der Waals surface area contributed by atoms with Crippen molar-refractivity contribution in [2.75, 3.05) is 4.90 Å². The third-order valence-corrected chi connectivity index (χ3v) is 7.16. The van der Waals surface area contributed by atoms with Gasteiger partial charge in [0.25, 0.3) is 0 Å². The summed E-state index contributed by atoms with van der Waals surface area (Å²) in [5, 5.41) is 9.30. The maximum absolute atomic E-state index is 9.30. The molecule has 6 rings (SSSR count). The Hall–Kier alpha value is -4.68. The summed E-state index contributed by atoms with van der Waals surface area (Å²) >= 11 is 0. The molecule has 0 atom stereocenters. The van der Waals surface area contributed by atoms with Gasteiger partial charge in [-0.15, -0.1) is 0 Å². The van der Waals surface area contributed by atoms with Crippen molar-refractivity contribution in [3.8, 4) is 28.3 Å². The Kier molecular flexibility index (Phi) is 5.16. The first-order valence-electron chi connectivity index (χ1n) is 12.1. The highest BCUT2D eigenvalue weighted by atomic mass is 15.2. The van der Waals surface area contributed by atoms with Crippen LogP contribution < -0.4 is 4.90 Å². The highest BCUT2D eigenvalue weighted by Crippen LogP contribution is 2.53. The second-order valence-electron chi connectivity index (χ2n) is 9.63. The highest BCUT2D eigenvalue weighted by Gasteiger charge is 2.36. The Labute approximate surface area is 211 Å². The van der Waals surface area contributed by atoms with Gasteiger partial charge in [0.15, 0.2) is 0 Å². The molecule has 0 fully saturated rings. The van der Waals surface area contributed by atoms with Crippen LogP contribution in [-0.4, -0.2) is 4.98 Å². The Morgan fingerprint density at radius 3 is 1.92 bits per heavy atom. The molecule has 3 nitrogen and oxygen atoms in total. The molecule has 36 heavy (non-hydrogen) atoms. The van der Waals surface area contributed by atoms with E-state index in [1.165, 1.54) is 22.5 Å². The van der Waals surface area contributed by atoms with Crippen LogP contribution in [0.1, 0.15) is 30.7 Å². The number of rotatable bonds is 3. The van der Waals surface area contributed by atoms with Gasteiger partial charge in [0.1, 0.15) is 11.8 Å². The lowest BCUT2D eigenvalue weighted by Crippen LogP contribution is -2.30. The predicted molar refractivity (Wildman–Crippen MR) is 147 cm³/mol. The Bertz CT molecular complexity index is 1590. The molecule has 0 radical (unpaired) electrons. The molecule has 1 aliphatic rings. The van der Waals surface area contributed by atoms with Crippen molar-refractivity contribution in [3.63, 3.8) is 0 Å². The summed E-state index contributed by atoms with van der Waals surface area (Å²) in [6.07, 6.45) is 1.69. The van der Waals surface area contributed by atoms with Crippen molar-refractivity contribution in [2.45, 2.75) is 19.3 Å². The zero-order chi connectivity index (χ0) is 24.7. The van der Waals surface area contributed by atoms with Crippen LogP contribution in [0.4, 0.5) is 17.1 Å². The number of benzene rings is 4. The van der Waals surface area contributed by atoms with E-state index in [1.807, 2.05) is 12.1 Å². The fourth-order valence-electron chi connectivity index (χ4n) is 5.38. The van der Waals surface area contributed by atoms with Gasteiger partial charge in [-0.2, -0.15) is 5.26 Å². The molecular weight excluding hydrogens is 438 g/mol. The summed E-state index contributed by atoms with van der Waals surface area (Å²) in [5.74, 6) is 0. The lowest BCUT2D eigenvalue weighted by Gasteiger charge is -2.42. The first-order valence-corrected chi connectivity index (χ1v) is 12.1.